The minimum Gasteiger partial charge on any atom is -0.378 e. The minimum atomic E-state index is -3.27. The average Bonchev–Trinajstić information content (AvgIpc) is 2.67. The summed E-state index contributed by atoms with van der Waals surface area (Å²) in [7, 11) is -3.27. The Morgan fingerprint density at radius 1 is 1.12 bits per heavy atom. The van der Waals surface area contributed by atoms with Gasteiger partial charge >= 0.3 is 0 Å². The predicted octanol–water partition coefficient (Wildman–Crippen LogP) is 1.03. The van der Waals surface area contributed by atoms with E-state index in [9.17, 15) is 13.2 Å². The van der Waals surface area contributed by atoms with E-state index in [-0.39, 0.29) is 17.6 Å². The van der Waals surface area contributed by atoms with Crippen LogP contribution < -0.4 is 0 Å². The first-order chi connectivity index (χ1) is 12.1. The largest absolute Gasteiger partial charge is 0.378 e. The number of carbonyl (C=O) groups is 1. The van der Waals surface area contributed by atoms with Crippen molar-refractivity contribution >= 4 is 15.7 Å². The lowest BCUT2D eigenvalue weighted by Crippen LogP contribution is -2.49. The Balaban J connectivity index is 1.54. The van der Waals surface area contributed by atoms with Gasteiger partial charge in [0, 0.05) is 26.2 Å². The molecule has 3 rings (SSSR count). The average molecular weight is 366 g/mol. The number of rotatable bonds is 5. The second-order valence-corrected chi connectivity index (χ2v) is 8.82. The Labute approximate surface area is 149 Å². The van der Waals surface area contributed by atoms with Gasteiger partial charge in [0.05, 0.1) is 29.8 Å². The van der Waals surface area contributed by atoms with Crippen LogP contribution in [-0.4, -0.2) is 75.8 Å². The van der Waals surface area contributed by atoms with Crippen molar-refractivity contribution in [2.75, 3.05) is 51.7 Å². The molecule has 0 aliphatic carbocycles. The molecular weight excluding hydrogens is 340 g/mol. The number of nitrogens with zero attached hydrogens (tertiary/aromatic N) is 2. The summed E-state index contributed by atoms with van der Waals surface area (Å²) in [6.07, 6.45) is 1.82. The van der Waals surface area contributed by atoms with Crippen LogP contribution in [0.3, 0.4) is 0 Å². The van der Waals surface area contributed by atoms with Gasteiger partial charge in [-0.3, -0.25) is 4.79 Å². The number of amides is 1. The lowest BCUT2D eigenvalue weighted by atomic mass is 9.96. The van der Waals surface area contributed by atoms with E-state index in [1.165, 1.54) is 0 Å². The highest BCUT2D eigenvalue weighted by Gasteiger charge is 2.30. The number of benzene rings is 1. The fourth-order valence-corrected chi connectivity index (χ4v) is 4.80. The van der Waals surface area contributed by atoms with Crippen molar-refractivity contribution in [2.24, 2.45) is 5.92 Å². The normalized spacial score (nSPS) is 22.7. The van der Waals surface area contributed by atoms with Gasteiger partial charge in [0.15, 0.2) is 9.84 Å². The summed E-state index contributed by atoms with van der Waals surface area (Å²) >= 11 is 0. The van der Waals surface area contributed by atoms with Crippen LogP contribution in [0.5, 0.6) is 0 Å². The lowest BCUT2D eigenvalue weighted by Gasteiger charge is -2.36. The second kappa shape index (κ2) is 8.29. The summed E-state index contributed by atoms with van der Waals surface area (Å²) in [4.78, 5) is 17.0. The molecule has 138 valence electrons. The fourth-order valence-electron chi connectivity index (χ4n) is 3.50. The highest BCUT2D eigenvalue weighted by atomic mass is 32.2. The molecule has 1 aromatic rings. The molecule has 0 bridgehead atoms. The maximum atomic E-state index is 12.6. The molecular formula is C18H26N2O4S. The van der Waals surface area contributed by atoms with E-state index < -0.39 is 9.84 Å². The van der Waals surface area contributed by atoms with Crippen LogP contribution in [0, 0.1) is 5.92 Å². The summed E-state index contributed by atoms with van der Waals surface area (Å²) in [6.45, 7) is 4.53. The van der Waals surface area contributed by atoms with E-state index in [0.717, 1.165) is 19.4 Å². The summed E-state index contributed by atoms with van der Waals surface area (Å²) in [5, 5.41) is 0. The summed E-state index contributed by atoms with van der Waals surface area (Å²) in [6, 6.07) is 8.56. The van der Waals surface area contributed by atoms with Crippen LogP contribution in [0.1, 0.15) is 12.8 Å². The van der Waals surface area contributed by atoms with E-state index in [2.05, 4.69) is 4.90 Å². The van der Waals surface area contributed by atoms with Gasteiger partial charge in [-0.25, -0.2) is 8.42 Å². The van der Waals surface area contributed by atoms with E-state index in [1.807, 2.05) is 11.0 Å². The minimum absolute atomic E-state index is 0.0220. The molecule has 25 heavy (non-hydrogen) atoms. The highest BCUT2D eigenvalue weighted by Crippen LogP contribution is 2.20. The molecule has 2 fully saturated rings. The molecule has 0 radical (unpaired) electrons. The van der Waals surface area contributed by atoms with Crippen molar-refractivity contribution < 1.29 is 17.9 Å². The smallest absolute Gasteiger partial charge is 0.227 e. The van der Waals surface area contributed by atoms with Crippen molar-refractivity contribution in [3.63, 3.8) is 0 Å². The number of piperidine rings is 1. The Hall–Kier alpha value is -1.44. The summed E-state index contributed by atoms with van der Waals surface area (Å²) < 4.78 is 30.1. The Kier molecular flexibility index (Phi) is 6.09. The van der Waals surface area contributed by atoms with Crippen LogP contribution in [0.15, 0.2) is 35.2 Å². The number of carbonyl (C=O) groups excluding carboxylic acids is 1. The SMILES string of the molecule is O=C(C1CCCN(CCS(=O)(=O)c2ccccc2)C1)N1CCOCC1. The van der Waals surface area contributed by atoms with E-state index >= 15 is 0 Å². The van der Waals surface area contributed by atoms with Gasteiger partial charge in [-0.2, -0.15) is 0 Å². The van der Waals surface area contributed by atoms with Crippen molar-refractivity contribution in [2.45, 2.75) is 17.7 Å². The third-order valence-corrected chi connectivity index (χ3v) is 6.67. The van der Waals surface area contributed by atoms with Crippen LogP contribution >= 0.6 is 0 Å². The molecule has 2 aliphatic rings. The molecule has 6 nitrogen and oxygen atoms in total. The van der Waals surface area contributed by atoms with Gasteiger partial charge < -0.3 is 14.5 Å². The van der Waals surface area contributed by atoms with Crippen molar-refractivity contribution in [3.8, 4) is 0 Å². The molecule has 2 saturated heterocycles. The molecule has 0 N–H and O–H groups in total. The van der Waals surface area contributed by atoms with Gasteiger partial charge in [-0.15, -0.1) is 0 Å². The highest BCUT2D eigenvalue weighted by molar-refractivity contribution is 7.91. The fraction of sp³-hybridized carbons (Fsp3) is 0.611. The van der Waals surface area contributed by atoms with Crippen molar-refractivity contribution in [3.05, 3.63) is 30.3 Å². The molecule has 0 saturated carbocycles. The zero-order valence-electron chi connectivity index (χ0n) is 14.5. The lowest BCUT2D eigenvalue weighted by molar-refractivity contribution is -0.141. The van der Waals surface area contributed by atoms with E-state index in [0.29, 0.717) is 44.3 Å². The molecule has 1 amide bonds. The second-order valence-electron chi connectivity index (χ2n) is 6.71. The van der Waals surface area contributed by atoms with E-state index in [4.69, 9.17) is 4.74 Å². The van der Waals surface area contributed by atoms with Crippen LogP contribution in [0.2, 0.25) is 0 Å². The first-order valence-corrected chi connectivity index (χ1v) is 10.6. The van der Waals surface area contributed by atoms with Gasteiger partial charge in [0.1, 0.15) is 0 Å². The third-order valence-electron chi connectivity index (χ3n) is 4.96. The number of morpholine rings is 1. The number of sulfone groups is 1. The molecule has 7 heteroatoms. The van der Waals surface area contributed by atoms with Gasteiger partial charge in [0.2, 0.25) is 5.91 Å². The quantitative estimate of drug-likeness (QED) is 0.779. The monoisotopic (exact) mass is 366 g/mol. The van der Waals surface area contributed by atoms with Crippen molar-refractivity contribution in [1.82, 2.24) is 9.80 Å². The van der Waals surface area contributed by atoms with Crippen LogP contribution in [0.4, 0.5) is 0 Å². The first kappa shape index (κ1) is 18.4. The number of hydrogen-bond acceptors (Lipinski definition) is 5. The van der Waals surface area contributed by atoms with Gasteiger partial charge in [-0.1, -0.05) is 18.2 Å². The van der Waals surface area contributed by atoms with Crippen molar-refractivity contribution in [1.29, 1.82) is 0 Å². The Morgan fingerprint density at radius 3 is 2.56 bits per heavy atom. The predicted molar refractivity (Wildman–Crippen MR) is 95.1 cm³/mol. The topological polar surface area (TPSA) is 66.9 Å². The maximum absolute atomic E-state index is 12.6. The number of hydrogen-bond donors (Lipinski definition) is 0. The van der Waals surface area contributed by atoms with Crippen LogP contribution in [0.25, 0.3) is 0 Å². The maximum Gasteiger partial charge on any atom is 0.227 e. The zero-order valence-corrected chi connectivity index (χ0v) is 15.3. The molecule has 1 aromatic carbocycles. The number of ether oxygens (including phenoxy) is 1. The molecule has 2 aliphatic heterocycles. The Bertz CT molecular complexity index is 672. The zero-order chi connectivity index (χ0) is 17.7. The molecule has 0 aromatic heterocycles. The molecule has 1 atom stereocenters. The molecule has 2 heterocycles. The standard InChI is InChI=1S/C18H26N2O4S/c21-18(20-9-12-24-13-10-20)16-5-4-8-19(15-16)11-14-25(22,23)17-6-2-1-3-7-17/h1-3,6-7,16H,4-5,8-15H2. The molecule has 1 unspecified atom stereocenters. The number of likely N-dealkylation sites (tertiary alicyclic amines) is 1. The van der Waals surface area contributed by atoms with E-state index in [1.54, 1.807) is 24.3 Å². The van der Waals surface area contributed by atoms with Crippen LogP contribution in [-0.2, 0) is 19.4 Å². The molecule has 0 spiro atoms. The first-order valence-electron chi connectivity index (χ1n) is 8.93. The summed E-state index contributed by atoms with van der Waals surface area (Å²) in [5.74, 6) is 0.264. The Morgan fingerprint density at radius 2 is 1.84 bits per heavy atom. The third kappa shape index (κ3) is 4.80. The van der Waals surface area contributed by atoms with Gasteiger partial charge in [-0.05, 0) is 31.5 Å². The van der Waals surface area contributed by atoms with Gasteiger partial charge in [0.25, 0.3) is 0 Å². The summed E-state index contributed by atoms with van der Waals surface area (Å²) in [5.41, 5.74) is 0.